The highest BCUT2D eigenvalue weighted by Gasteiger charge is 2.16. The summed E-state index contributed by atoms with van der Waals surface area (Å²) in [4.78, 5) is 25.4. The van der Waals surface area contributed by atoms with Crippen molar-refractivity contribution in [3.8, 4) is 0 Å². The monoisotopic (exact) mass is 237 g/mol. The molecule has 0 amide bonds. The number of ether oxygens (including phenoxy) is 1. The molecule has 2 aromatic heterocycles. The molecule has 0 radical (unpaired) electrons. The number of nitrogens with one attached hydrogen (secondary N) is 1. The van der Waals surface area contributed by atoms with Crippen molar-refractivity contribution in [1.29, 1.82) is 0 Å². The molecule has 2 aromatic rings. The predicted molar refractivity (Wildman–Crippen MR) is 57.3 cm³/mol. The number of fused-ring (bicyclic) bond motifs is 1. The van der Waals surface area contributed by atoms with Crippen LogP contribution >= 0.6 is 0 Å². The normalized spacial score (nSPS) is 10.6. The molecule has 0 aromatic carbocycles. The lowest BCUT2D eigenvalue weighted by molar-refractivity contribution is -0.138. The molecule has 0 atom stereocenters. The third kappa shape index (κ3) is 2.54. The van der Waals surface area contributed by atoms with Gasteiger partial charge in [0, 0.05) is 25.2 Å². The topological polar surface area (TPSA) is 92.5 Å². The number of aromatic amines is 1. The third-order valence-corrected chi connectivity index (χ3v) is 2.21. The largest absolute Gasteiger partial charge is 0.463 e. The summed E-state index contributed by atoms with van der Waals surface area (Å²) in [6.45, 7) is -0.112. The Kier molecular flexibility index (Phi) is 3.24. The fourth-order valence-corrected chi connectivity index (χ4v) is 1.39. The van der Waals surface area contributed by atoms with Crippen molar-refractivity contribution in [3.63, 3.8) is 0 Å². The Morgan fingerprint density at radius 3 is 3.00 bits per heavy atom. The van der Waals surface area contributed by atoms with Gasteiger partial charge in [-0.2, -0.15) is 0 Å². The lowest BCUT2D eigenvalue weighted by Crippen LogP contribution is -2.13. The second-order valence-electron chi connectivity index (χ2n) is 3.47. The molecule has 6 heteroatoms. The summed E-state index contributed by atoms with van der Waals surface area (Å²) in [7, 11) is 0. The summed E-state index contributed by atoms with van der Waals surface area (Å²) in [5, 5.41) is 8.52. The minimum absolute atomic E-state index is 0.0130. The Morgan fingerprint density at radius 2 is 2.29 bits per heavy atom. The highest BCUT2D eigenvalue weighted by atomic mass is 16.6. The van der Waals surface area contributed by atoms with E-state index in [-0.39, 0.29) is 25.1 Å². The summed E-state index contributed by atoms with van der Waals surface area (Å²) in [5.41, 5.74) is 1.36. The van der Waals surface area contributed by atoms with Gasteiger partial charge in [-0.3, -0.25) is 4.79 Å². The maximum Gasteiger partial charge on any atom is 0.362 e. The van der Waals surface area contributed by atoms with E-state index in [0.29, 0.717) is 11.1 Å². The van der Waals surface area contributed by atoms with Gasteiger partial charge in [0.25, 0.3) is 0 Å². The van der Waals surface area contributed by atoms with Crippen molar-refractivity contribution in [1.82, 2.24) is 4.98 Å². The van der Waals surface area contributed by atoms with Gasteiger partial charge in [0.15, 0.2) is 5.58 Å². The van der Waals surface area contributed by atoms with Crippen LogP contribution in [0.5, 0.6) is 0 Å². The molecule has 0 aliphatic carbocycles. The molecule has 2 rings (SSSR count). The average Bonchev–Trinajstić information content (AvgIpc) is 2.86. The Balaban J connectivity index is 2.00. The predicted octanol–water partition coefficient (Wildman–Crippen LogP) is 1.22. The van der Waals surface area contributed by atoms with Crippen LogP contribution in [-0.2, 0) is 9.53 Å². The number of rotatable bonds is 4. The third-order valence-electron chi connectivity index (χ3n) is 2.21. The number of aliphatic hydroxyl groups is 1. The van der Waals surface area contributed by atoms with Crippen LogP contribution in [0.1, 0.15) is 23.3 Å². The summed E-state index contributed by atoms with van der Waals surface area (Å²) >= 11 is 0. The first-order valence-electron chi connectivity index (χ1n) is 5.13. The highest BCUT2D eigenvalue weighted by molar-refractivity contribution is 5.98. The fraction of sp³-hybridized carbons (Fsp3) is 0.273. The van der Waals surface area contributed by atoms with E-state index in [1.807, 2.05) is 0 Å². The number of furan rings is 1. The Morgan fingerprint density at radius 1 is 1.47 bits per heavy atom. The van der Waals surface area contributed by atoms with Gasteiger partial charge in [-0.05, 0) is 6.42 Å². The van der Waals surface area contributed by atoms with Crippen LogP contribution in [-0.4, -0.2) is 28.6 Å². The number of esters is 2. The van der Waals surface area contributed by atoms with Crippen molar-refractivity contribution < 1.29 is 23.8 Å². The highest BCUT2D eigenvalue weighted by Crippen LogP contribution is 2.16. The molecule has 0 unspecified atom stereocenters. The van der Waals surface area contributed by atoms with Gasteiger partial charge in [-0.15, -0.1) is 0 Å². The first-order chi connectivity index (χ1) is 8.20. The SMILES string of the molecule is O=C(CCCO)OC(=O)c1cc2occc2[nH]1. The van der Waals surface area contributed by atoms with Gasteiger partial charge in [-0.25, -0.2) is 4.79 Å². The van der Waals surface area contributed by atoms with Gasteiger partial charge in [0.2, 0.25) is 0 Å². The van der Waals surface area contributed by atoms with Crippen LogP contribution < -0.4 is 0 Å². The van der Waals surface area contributed by atoms with Crippen molar-refractivity contribution in [2.45, 2.75) is 12.8 Å². The quantitative estimate of drug-likeness (QED) is 0.616. The molecular weight excluding hydrogens is 226 g/mol. The number of hydrogen-bond acceptors (Lipinski definition) is 5. The summed E-state index contributed by atoms with van der Waals surface area (Å²) in [5.74, 6) is -1.41. The number of carbonyl (C=O) groups excluding carboxylic acids is 2. The molecule has 0 aliphatic rings. The second-order valence-corrected chi connectivity index (χ2v) is 3.47. The van der Waals surface area contributed by atoms with Gasteiger partial charge < -0.3 is 19.2 Å². The van der Waals surface area contributed by atoms with Crippen LogP contribution in [0.4, 0.5) is 0 Å². The van der Waals surface area contributed by atoms with E-state index in [0.717, 1.165) is 0 Å². The zero-order valence-corrected chi connectivity index (χ0v) is 8.93. The lowest BCUT2D eigenvalue weighted by atomic mass is 10.3. The van der Waals surface area contributed by atoms with Crippen molar-refractivity contribution in [2.75, 3.05) is 6.61 Å². The van der Waals surface area contributed by atoms with Crippen LogP contribution in [0, 0.1) is 0 Å². The van der Waals surface area contributed by atoms with Crippen LogP contribution in [0.3, 0.4) is 0 Å². The van der Waals surface area contributed by atoms with Crippen LogP contribution in [0.15, 0.2) is 22.8 Å². The van der Waals surface area contributed by atoms with Crippen LogP contribution in [0.2, 0.25) is 0 Å². The van der Waals surface area contributed by atoms with Gasteiger partial charge in [0.05, 0.1) is 11.8 Å². The number of aromatic nitrogens is 1. The van der Waals surface area contributed by atoms with E-state index in [2.05, 4.69) is 9.72 Å². The molecule has 0 saturated heterocycles. The molecule has 2 N–H and O–H groups in total. The minimum atomic E-state index is -0.751. The van der Waals surface area contributed by atoms with E-state index in [1.165, 1.54) is 12.3 Å². The first-order valence-corrected chi connectivity index (χ1v) is 5.13. The second kappa shape index (κ2) is 4.84. The molecule has 0 fully saturated rings. The molecule has 2 heterocycles. The summed E-state index contributed by atoms with van der Waals surface area (Å²) in [6.07, 6.45) is 1.78. The smallest absolute Gasteiger partial charge is 0.362 e. The fourth-order valence-electron chi connectivity index (χ4n) is 1.39. The summed E-state index contributed by atoms with van der Waals surface area (Å²) < 4.78 is 9.64. The van der Waals surface area contributed by atoms with E-state index in [9.17, 15) is 9.59 Å². The molecule has 0 aliphatic heterocycles. The summed E-state index contributed by atoms with van der Waals surface area (Å²) in [6, 6.07) is 3.14. The Hall–Kier alpha value is -2.08. The number of carbonyl (C=O) groups is 2. The Bertz CT molecular complexity index is 510. The molecule has 90 valence electrons. The van der Waals surface area contributed by atoms with E-state index < -0.39 is 11.9 Å². The number of H-pyrrole nitrogens is 1. The molecule has 17 heavy (non-hydrogen) atoms. The van der Waals surface area contributed by atoms with E-state index in [4.69, 9.17) is 9.52 Å². The average molecular weight is 237 g/mol. The van der Waals surface area contributed by atoms with Gasteiger partial charge in [0.1, 0.15) is 5.69 Å². The van der Waals surface area contributed by atoms with Crippen LogP contribution in [0.25, 0.3) is 11.1 Å². The van der Waals surface area contributed by atoms with E-state index in [1.54, 1.807) is 6.07 Å². The zero-order chi connectivity index (χ0) is 12.3. The first kappa shape index (κ1) is 11.4. The molecule has 0 bridgehead atoms. The van der Waals surface area contributed by atoms with Gasteiger partial charge in [-0.1, -0.05) is 0 Å². The molecule has 0 saturated carbocycles. The number of hydrogen-bond donors (Lipinski definition) is 2. The van der Waals surface area contributed by atoms with Crippen molar-refractivity contribution >= 4 is 23.0 Å². The standard InChI is InChI=1S/C11H11NO5/c13-4-1-2-10(14)17-11(15)8-6-9-7(12-8)3-5-16-9/h3,5-6,12-13H,1-2,4H2. The maximum absolute atomic E-state index is 11.5. The molecule has 6 nitrogen and oxygen atoms in total. The molecule has 0 spiro atoms. The zero-order valence-electron chi connectivity index (χ0n) is 8.93. The minimum Gasteiger partial charge on any atom is -0.463 e. The van der Waals surface area contributed by atoms with Crippen molar-refractivity contribution in [2.24, 2.45) is 0 Å². The molecular formula is C11H11NO5. The number of aliphatic hydroxyl groups excluding tert-OH is 1. The van der Waals surface area contributed by atoms with Gasteiger partial charge >= 0.3 is 11.9 Å². The van der Waals surface area contributed by atoms with E-state index >= 15 is 0 Å². The lowest BCUT2D eigenvalue weighted by Gasteiger charge is -1.99. The maximum atomic E-state index is 11.5. The van der Waals surface area contributed by atoms with Crippen molar-refractivity contribution in [3.05, 3.63) is 24.1 Å². The Labute approximate surface area is 96.2 Å².